The number of pyridine rings is 1. The fourth-order valence-corrected chi connectivity index (χ4v) is 1.76. The van der Waals surface area contributed by atoms with Crippen LogP contribution in [0.2, 0.25) is 0 Å². The summed E-state index contributed by atoms with van der Waals surface area (Å²) in [7, 11) is 0. The number of nitrogens with zero attached hydrogens (tertiary/aromatic N) is 1. The summed E-state index contributed by atoms with van der Waals surface area (Å²) in [6.07, 6.45) is 2.08. The van der Waals surface area contributed by atoms with Crippen LogP contribution in [0, 0.1) is 0 Å². The number of ether oxygens (including phenoxy) is 1. The number of rotatable bonds is 6. The molecule has 2 atom stereocenters. The van der Waals surface area contributed by atoms with Crippen molar-refractivity contribution in [1.82, 2.24) is 10.3 Å². The molecule has 1 aromatic rings. The zero-order valence-electron chi connectivity index (χ0n) is 9.67. The Bertz CT molecular complexity index is 427. The molecule has 2 unspecified atom stereocenters. The molecule has 2 N–H and O–H groups in total. The monoisotopic (exact) mass is 316 g/mol. The van der Waals surface area contributed by atoms with E-state index in [0.717, 1.165) is 0 Å². The number of aliphatic hydroxyl groups excluding tert-OH is 1. The number of halogens is 1. The van der Waals surface area contributed by atoms with Gasteiger partial charge >= 0.3 is 5.97 Å². The summed E-state index contributed by atoms with van der Waals surface area (Å²) in [5.41, 5.74) is 0.400. The minimum absolute atomic E-state index is 0.166. The maximum absolute atomic E-state index is 11.6. The summed E-state index contributed by atoms with van der Waals surface area (Å²) in [6.45, 7) is 1.81. The van der Waals surface area contributed by atoms with Crippen molar-refractivity contribution in [2.75, 3.05) is 6.61 Å². The third-order valence-corrected chi connectivity index (χ3v) is 2.61. The summed E-state index contributed by atoms with van der Waals surface area (Å²) in [4.78, 5) is 25.9. The van der Waals surface area contributed by atoms with Gasteiger partial charge in [-0.25, -0.2) is 4.79 Å². The van der Waals surface area contributed by atoms with Gasteiger partial charge in [0.25, 0.3) is 0 Å². The quantitative estimate of drug-likeness (QED) is 0.591. The third-order valence-electron chi connectivity index (χ3n) is 2.17. The topological polar surface area (TPSA) is 88.5 Å². The van der Waals surface area contributed by atoms with Crippen LogP contribution in [-0.4, -0.2) is 35.1 Å². The Morgan fingerprint density at radius 2 is 2.39 bits per heavy atom. The normalized spacial score (nSPS) is 13.5. The summed E-state index contributed by atoms with van der Waals surface area (Å²) in [6, 6.07) is 0.453. The van der Waals surface area contributed by atoms with E-state index in [-0.39, 0.29) is 6.61 Å². The molecule has 1 amide bonds. The molecule has 0 spiro atoms. The lowest BCUT2D eigenvalue weighted by Crippen LogP contribution is -2.42. The molecule has 0 aliphatic rings. The number of hydrogen-bond donors (Lipinski definition) is 2. The van der Waals surface area contributed by atoms with Gasteiger partial charge in [0.1, 0.15) is 6.10 Å². The SMILES string of the molecule is CCOC(=O)C(NC=O)C(O)c1cncc(Br)c1. The van der Waals surface area contributed by atoms with Gasteiger partial charge in [0.15, 0.2) is 6.04 Å². The molecule has 0 aromatic carbocycles. The maximum Gasteiger partial charge on any atom is 0.331 e. The lowest BCUT2D eigenvalue weighted by atomic mass is 10.0. The Morgan fingerprint density at radius 1 is 1.67 bits per heavy atom. The number of amides is 1. The van der Waals surface area contributed by atoms with Crippen molar-refractivity contribution in [3.05, 3.63) is 28.5 Å². The first kappa shape index (κ1) is 14.6. The molecule has 18 heavy (non-hydrogen) atoms. The molecule has 1 rings (SSSR count). The van der Waals surface area contributed by atoms with Crippen molar-refractivity contribution in [3.8, 4) is 0 Å². The molecule has 1 aromatic heterocycles. The van der Waals surface area contributed by atoms with Crippen LogP contribution in [0.5, 0.6) is 0 Å². The average molecular weight is 317 g/mol. The first-order valence-corrected chi connectivity index (χ1v) is 6.04. The van der Waals surface area contributed by atoms with Gasteiger partial charge < -0.3 is 15.2 Å². The minimum atomic E-state index is -1.22. The predicted octanol–water partition coefficient (Wildman–Crippen LogP) is 0.555. The van der Waals surface area contributed by atoms with E-state index in [0.29, 0.717) is 16.4 Å². The van der Waals surface area contributed by atoms with Crippen molar-refractivity contribution < 1.29 is 19.4 Å². The van der Waals surface area contributed by atoms with E-state index in [1.807, 2.05) is 0 Å². The summed E-state index contributed by atoms with van der Waals surface area (Å²) in [5, 5.41) is 12.3. The standard InChI is InChI=1S/C11H13BrN2O4/c1-2-18-11(17)9(14-6-15)10(16)7-3-8(12)5-13-4-7/h3-6,9-10,16H,2H2,1H3,(H,14,15). The van der Waals surface area contributed by atoms with Crippen molar-refractivity contribution >= 4 is 28.3 Å². The van der Waals surface area contributed by atoms with Crippen LogP contribution < -0.4 is 5.32 Å². The second kappa shape index (κ2) is 7.07. The molecular formula is C11H13BrN2O4. The number of aliphatic hydroxyl groups is 1. The highest BCUT2D eigenvalue weighted by Crippen LogP contribution is 2.20. The van der Waals surface area contributed by atoms with Gasteiger partial charge in [-0.3, -0.25) is 9.78 Å². The Kier molecular flexibility index (Phi) is 5.73. The molecule has 0 aliphatic heterocycles. The van der Waals surface area contributed by atoms with Crippen LogP contribution in [-0.2, 0) is 14.3 Å². The van der Waals surface area contributed by atoms with Gasteiger partial charge in [0.05, 0.1) is 6.61 Å². The Morgan fingerprint density at radius 3 is 2.94 bits per heavy atom. The summed E-state index contributed by atoms with van der Waals surface area (Å²) >= 11 is 3.21. The highest BCUT2D eigenvalue weighted by atomic mass is 79.9. The average Bonchev–Trinajstić information content (AvgIpc) is 2.35. The molecule has 0 saturated carbocycles. The van der Waals surface area contributed by atoms with Gasteiger partial charge in [0, 0.05) is 22.4 Å². The first-order chi connectivity index (χ1) is 8.60. The molecule has 0 saturated heterocycles. The molecule has 0 fully saturated rings. The van der Waals surface area contributed by atoms with Gasteiger partial charge in [-0.15, -0.1) is 0 Å². The molecule has 0 aliphatic carbocycles. The van der Waals surface area contributed by atoms with Crippen LogP contribution in [0.1, 0.15) is 18.6 Å². The van der Waals surface area contributed by atoms with E-state index in [1.54, 1.807) is 19.2 Å². The van der Waals surface area contributed by atoms with E-state index in [4.69, 9.17) is 4.74 Å². The van der Waals surface area contributed by atoms with Crippen LogP contribution in [0.25, 0.3) is 0 Å². The molecule has 6 nitrogen and oxygen atoms in total. The van der Waals surface area contributed by atoms with Crippen LogP contribution in [0.15, 0.2) is 22.9 Å². The predicted molar refractivity (Wildman–Crippen MR) is 66.5 cm³/mol. The van der Waals surface area contributed by atoms with E-state index < -0.39 is 18.1 Å². The lowest BCUT2D eigenvalue weighted by molar-refractivity contribution is -0.149. The van der Waals surface area contributed by atoms with Crippen molar-refractivity contribution in [3.63, 3.8) is 0 Å². The second-order valence-electron chi connectivity index (χ2n) is 3.40. The molecule has 0 radical (unpaired) electrons. The number of carbonyl (C=O) groups excluding carboxylic acids is 2. The maximum atomic E-state index is 11.6. The number of aromatic nitrogens is 1. The fraction of sp³-hybridized carbons (Fsp3) is 0.364. The van der Waals surface area contributed by atoms with E-state index >= 15 is 0 Å². The van der Waals surface area contributed by atoms with Crippen LogP contribution in [0.3, 0.4) is 0 Å². The number of carbonyl (C=O) groups is 2. The van der Waals surface area contributed by atoms with Crippen molar-refractivity contribution in [2.45, 2.75) is 19.1 Å². The zero-order chi connectivity index (χ0) is 13.5. The summed E-state index contributed by atoms with van der Waals surface area (Å²) in [5.74, 6) is -0.697. The molecule has 0 bridgehead atoms. The Labute approximate surface area is 112 Å². The van der Waals surface area contributed by atoms with Gasteiger partial charge in [-0.2, -0.15) is 0 Å². The lowest BCUT2D eigenvalue weighted by Gasteiger charge is -2.20. The van der Waals surface area contributed by atoms with Crippen LogP contribution in [0.4, 0.5) is 0 Å². The largest absolute Gasteiger partial charge is 0.464 e. The van der Waals surface area contributed by atoms with Gasteiger partial charge in [-0.1, -0.05) is 0 Å². The van der Waals surface area contributed by atoms with Crippen LogP contribution >= 0.6 is 15.9 Å². The second-order valence-corrected chi connectivity index (χ2v) is 4.31. The summed E-state index contributed by atoms with van der Waals surface area (Å²) < 4.78 is 5.44. The van der Waals surface area contributed by atoms with Crippen molar-refractivity contribution in [1.29, 1.82) is 0 Å². The van der Waals surface area contributed by atoms with E-state index in [9.17, 15) is 14.7 Å². The van der Waals surface area contributed by atoms with Gasteiger partial charge in [-0.05, 0) is 28.9 Å². The first-order valence-electron chi connectivity index (χ1n) is 5.25. The zero-order valence-corrected chi connectivity index (χ0v) is 11.3. The Balaban J connectivity index is 2.91. The van der Waals surface area contributed by atoms with E-state index in [1.165, 1.54) is 6.20 Å². The molecule has 98 valence electrons. The molecular weight excluding hydrogens is 304 g/mol. The third kappa shape index (κ3) is 3.78. The number of nitrogens with one attached hydrogen (secondary N) is 1. The smallest absolute Gasteiger partial charge is 0.331 e. The van der Waals surface area contributed by atoms with E-state index in [2.05, 4.69) is 26.2 Å². The highest BCUT2D eigenvalue weighted by molar-refractivity contribution is 9.10. The Hall–Kier alpha value is -1.47. The molecule has 7 heteroatoms. The molecule has 1 heterocycles. The number of hydrogen-bond acceptors (Lipinski definition) is 5. The van der Waals surface area contributed by atoms with Crippen molar-refractivity contribution in [2.24, 2.45) is 0 Å². The minimum Gasteiger partial charge on any atom is -0.464 e. The number of esters is 1. The van der Waals surface area contributed by atoms with Gasteiger partial charge in [0.2, 0.25) is 6.41 Å². The fourth-order valence-electron chi connectivity index (χ4n) is 1.38. The highest BCUT2D eigenvalue weighted by Gasteiger charge is 2.29.